The molecule has 0 saturated heterocycles. The molecule has 2 rings (SSSR count). The van der Waals surface area contributed by atoms with Crippen LogP contribution in [-0.2, 0) is 4.74 Å². The molecule has 0 bridgehead atoms. The molecule has 8 heteroatoms. The first-order chi connectivity index (χ1) is 10.1. The van der Waals surface area contributed by atoms with Gasteiger partial charge in [0.1, 0.15) is 11.6 Å². The quantitative estimate of drug-likeness (QED) is 0.619. The number of methoxy groups -OCH3 is 1. The van der Waals surface area contributed by atoms with Crippen LogP contribution in [0.5, 0.6) is 0 Å². The van der Waals surface area contributed by atoms with E-state index < -0.39 is 11.6 Å². The number of nitrogens with one attached hydrogen (secondary N) is 1. The Morgan fingerprint density at radius 2 is 2.05 bits per heavy atom. The largest absolute Gasteiger partial charge is 0.383 e. The lowest BCUT2D eigenvalue weighted by Gasteiger charge is -2.11. The summed E-state index contributed by atoms with van der Waals surface area (Å²) in [4.78, 5) is 0. The molecule has 0 aliphatic carbocycles. The average Bonchev–Trinajstić information content (AvgIpc) is 2.86. The molecule has 2 aromatic rings. The van der Waals surface area contributed by atoms with E-state index in [-0.39, 0.29) is 10.8 Å². The SMILES string of the molecule is COCCNc1nnc(SC(C)c2c(F)cccc2F)s1. The van der Waals surface area contributed by atoms with Crippen molar-refractivity contribution in [1.29, 1.82) is 0 Å². The van der Waals surface area contributed by atoms with Gasteiger partial charge in [-0.25, -0.2) is 8.78 Å². The van der Waals surface area contributed by atoms with Gasteiger partial charge in [0.15, 0.2) is 4.34 Å². The van der Waals surface area contributed by atoms with E-state index in [1.807, 2.05) is 0 Å². The highest BCUT2D eigenvalue weighted by Crippen LogP contribution is 2.39. The average molecular weight is 331 g/mol. The Hall–Kier alpha value is -1.25. The van der Waals surface area contributed by atoms with E-state index in [0.29, 0.717) is 22.6 Å². The van der Waals surface area contributed by atoms with E-state index in [1.54, 1.807) is 14.0 Å². The molecule has 114 valence electrons. The first kappa shape index (κ1) is 16.1. The van der Waals surface area contributed by atoms with Gasteiger partial charge >= 0.3 is 0 Å². The van der Waals surface area contributed by atoms with Gasteiger partial charge in [-0.15, -0.1) is 10.2 Å². The van der Waals surface area contributed by atoms with Crippen molar-refractivity contribution in [3.05, 3.63) is 35.4 Å². The lowest BCUT2D eigenvalue weighted by Crippen LogP contribution is -2.06. The maximum Gasteiger partial charge on any atom is 0.206 e. The van der Waals surface area contributed by atoms with Crippen molar-refractivity contribution in [2.24, 2.45) is 0 Å². The molecule has 1 unspecified atom stereocenters. The zero-order chi connectivity index (χ0) is 15.2. The highest BCUT2D eigenvalue weighted by Gasteiger charge is 2.18. The van der Waals surface area contributed by atoms with Crippen molar-refractivity contribution >= 4 is 28.2 Å². The summed E-state index contributed by atoms with van der Waals surface area (Å²) in [6.07, 6.45) is 0. The fourth-order valence-electron chi connectivity index (χ4n) is 1.70. The molecule has 0 saturated carbocycles. The minimum absolute atomic E-state index is 0.0617. The maximum atomic E-state index is 13.7. The number of ether oxygens (including phenoxy) is 1. The van der Waals surface area contributed by atoms with Gasteiger partial charge in [0.25, 0.3) is 0 Å². The van der Waals surface area contributed by atoms with E-state index >= 15 is 0 Å². The van der Waals surface area contributed by atoms with Crippen molar-refractivity contribution in [3.63, 3.8) is 0 Å². The number of thioether (sulfide) groups is 1. The van der Waals surface area contributed by atoms with Crippen molar-refractivity contribution in [2.75, 3.05) is 25.6 Å². The van der Waals surface area contributed by atoms with Gasteiger partial charge in [-0.3, -0.25) is 0 Å². The Morgan fingerprint density at radius 3 is 2.71 bits per heavy atom. The Bertz CT molecular complexity index is 574. The third-order valence-corrected chi connectivity index (χ3v) is 4.76. The molecular weight excluding hydrogens is 316 g/mol. The third-order valence-electron chi connectivity index (χ3n) is 2.67. The van der Waals surface area contributed by atoms with Gasteiger partial charge in [0.05, 0.1) is 6.61 Å². The van der Waals surface area contributed by atoms with Crippen LogP contribution in [0.25, 0.3) is 0 Å². The number of aromatic nitrogens is 2. The number of halogens is 2. The predicted molar refractivity (Wildman–Crippen MR) is 80.9 cm³/mol. The molecule has 0 amide bonds. The molecule has 0 aliphatic heterocycles. The Morgan fingerprint density at radius 1 is 1.33 bits per heavy atom. The van der Waals surface area contributed by atoms with E-state index in [2.05, 4.69) is 15.5 Å². The van der Waals surface area contributed by atoms with Gasteiger partial charge in [-0.1, -0.05) is 29.2 Å². The zero-order valence-corrected chi connectivity index (χ0v) is 13.2. The number of benzene rings is 1. The van der Waals surface area contributed by atoms with Crippen LogP contribution < -0.4 is 5.32 Å². The van der Waals surface area contributed by atoms with Gasteiger partial charge < -0.3 is 10.1 Å². The fraction of sp³-hybridized carbons (Fsp3) is 0.385. The molecule has 21 heavy (non-hydrogen) atoms. The lowest BCUT2D eigenvalue weighted by molar-refractivity contribution is 0.211. The third kappa shape index (κ3) is 4.36. The van der Waals surface area contributed by atoms with Gasteiger partial charge in [0.2, 0.25) is 5.13 Å². The van der Waals surface area contributed by atoms with E-state index in [0.717, 1.165) is 0 Å². The summed E-state index contributed by atoms with van der Waals surface area (Å²) >= 11 is 2.63. The molecule has 4 nitrogen and oxygen atoms in total. The number of hydrogen-bond donors (Lipinski definition) is 1. The second-order valence-electron chi connectivity index (χ2n) is 4.19. The lowest BCUT2D eigenvalue weighted by atomic mass is 10.1. The fourth-order valence-corrected chi connectivity index (χ4v) is 3.80. The number of nitrogens with zero attached hydrogens (tertiary/aromatic N) is 2. The molecule has 1 aromatic heterocycles. The minimum atomic E-state index is -0.544. The molecule has 1 N–H and O–H groups in total. The Kier molecular flexibility index (Phi) is 5.89. The van der Waals surface area contributed by atoms with E-state index in [4.69, 9.17) is 4.74 Å². The normalized spacial score (nSPS) is 12.4. The summed E-state index contributed by atoms with van der Waals surface area (Å²) < 4.78 is 33.0. The zero-order valence-electron chi connectivity index (χ0n) is 11.6. The molecular formula is C13H15F2N3OS2. The summed E-state index contributed by atoms with van der Waals surface area (Å²) in [5, 5.41) is 11.3. The van der Waals surface area contributed by atoms with Gasteiger partial charge in [-0.2, -0.15) is 0 Å². The van der Waals surface area contributed by atoms with Crippen molar-refractivity contribution in [3.8, 4) is 0 Å². The van der Waals surface area contributed by atoms with Crippen LogP contribution >= 0.6 is 23.1 Å². The van der Waals surface area contributed by atoms with Gasteiger partial charge in [-0.05, 0) is 19.1 Å². The molecule has 1 atom stereocenters. The number of rotatable bonds is 7. The smallest absolute Gasteiger partial charge is 0.206 e. The van der Waals surface area contributed by atoms with Crippen LogP contribution in [0.1, 0.15) is 17.7 Å². The molecule has 1 heterocycles. The first-order valence-corrected chi connectivity index (χ1v) is 7.98. The van der Waals surface area contributed by atoms with Crippen LogP contribution in [0, 0.1) is 11.6 Å². The maximum absolute atomic E-state index is 13.7. The van der Waals surface area contributed by atoms with Crippen LogP contribution in [0.4, 0.5) is 13.9 Å². The topological polar surface area (TPSA) is 47.0 Å². The van der Waals surface area contributed by atoms with Crippen molar-refractivity contribution in [1.82, 2.24) is 10.2 Å². The number of anilines is 1. The minimum Gasteiger partial charge on any atom is -0.383 e. The second kappa shape index (κ2) is 7.67. The van der Waals surface area contributed by atoms with Gasteiger partial charge in [0, 0.05) is 24.5 Å². The predicted octanol–water partition coefficient (Wildman–Crippen LogP) is 3.73. The molecule has 1 aromatic carbocycles. The van der Waals surface area contributed by atoms with Crippen LogP contribution in [0.15, 0.2) is 22.5 Å². The Balaban J connectivity index is 2.01. The molecule has 0 fully saturated rings. The summed E-state index contributed by atoms with van der Waals surface area (Å²) in [5.74, 6) is -1.09. The summed E-state index contributed by atoms with van der Waals surface area (Å²) in [7, 11) is 1.62. The summed E-state index contributed by atoms with van der Waals surface area (Å²) in [6.45, 7) is 2.94. The van der Waals surface area contributed by atoms with E-state index in [9.17, 15) is 8.78 Å². The molecule has 0 radical (unpaired) electrons. The molecule has 0 aliphatic rings. The van der Waals surface area contributed by atoms with E-state index in [1.165, 1.54) is 41.3 Å². The number of hydrogen-bond acceptors (Lipinski definition) is 6. The van der Waals surface area contributed by atoms with Crippen LogP contribution in [0.3, 0.4) is 0 Å². The standard InChI is InChI=1S/C13H15F2N3OS2/c1-8(11-9(14)4-3-5-10(11)15)20-13-18-17-12(21-13)16-6-7-19-2/h3-5,8H,6-7H2,1-2H3,(H,16,17). The van der Waals surface area contributed by atoms with Crippen LogP contribution in [0.2, 0.25) is 0 Å². The first-order valence-electron chi connectivity index (χ1n) is 6.28. The van der Waals surface area contributed by atoms with Crippen LogP contribution in [-0.4, -0.2) is 30.5 Å². The Labute approximate surface area is 129 Å². The highest BCUT2D eigenvalue weighted by molar-refractivity contribution is 8.01. The summed E-state index contributed by atoms with van der Waals surface area (Å²) in [5.41, 5.74) is 0.0617. The second-order valence-corrected chi connectivity index (χ2v) is 6.75. The van der Waals surface area contributed by atoms with Crippen molar-refractivity contribution in [2.45, 2.75) is 16.5 Å². The monoisotopic (exact) mass is 331 g/mol. The van der Waals surface area contributed by atoms with Crippen molar-refractivity contribution < 1.29 is 13.5 Å². The summed E-state index contributed by atoms with van der Waals surface area (Å²) in [6, 6.07) is 3.87. The molecule has 0 spiro atoms. The highest BCUT2D eigenvalue weighted by atomic mass is 32.2.